The number of hydrogen-bond donors (Lipinski definition) is 1. The van der Waals surface area contributed by atoms with Gasteiger partial charge >= 0.3 is 0 Å². The van der Waals surface area contributed by atoms with Crippen molar-refractivity contribution < 1.29 is 0 Å². The largest absolute Gasteiger partial charge is 0.314 e. The van der Waals surface area contributed by atoms with Gasteiger partial charge in [0, 0.05) is 25.7 Å². The Labute approximate surface area is 95.4 Å². The van der Waals surface area contributed by atoms with Crippen molar-refractivity contribution in [1.29, 1.82) is 0 Å². The Balaban J connectivity index is 1.94. The molecule has 1 saturated heterocycles. The Morgan fingerprint density at radius 2 is 1.87 bits per heavy atom. The monoisotopic (exact) mass is 212 g/mol. The molecule has 0 saturated carbocycles. The second kappa shape index (κ2) is 8.12. The molecule has 1 rings (SSSR count). The molecule has 0 aromatic heterocycles. The third kappa shape index (κ3) is 5.53. The van der Waals surface area contributed by atoms with E-state index in [9.17, 15) is 0 Å². The molecule has 1 aliphatic rings. The molecule has 0 amide bonds. The van der Waals surface area contributed by atoms with Crippen LogP contribution >= 0.6 is 0 Å². The van der Waals surface area contributed by atoms with Crippen molar-refractivity contribution in [2.45, 2.75) is 58.4 Å². The molecular weight excluding hydrogens is 184 g/mol. The molecule has 1 unspecified atom stereocenters. The number of nitrogens with one attached hydrogen (secondary N) is 1. The Hall–Kier alpha value is -0.0800. The van der Waals surface area contributed by atoms with E-state index >= 15 is 0 Å². The van der Waals surface area contributed by atoms with E-state index in [0.717, 1.165) is 6.04 Å². The van der Waals surface area contributed by atoms with Crippen LogP contribution in [0.4, 0.5) is 0 Å². The van der Waals surface area contributed by atoms with Gasteiger partial charge in [-0.1, -0.05) is 39.0 Å². The lowest BCUT2D eigenvalue weighted by atomic mass is 10.1. The van der Waals surface area contributed by atoms with Gasteiger partial charge in [-0.3, -0.25) is 4.90 Å². The van der Waals surface area contributed by atoms with E-state index in [1.807, 2.05) is 0 Å². The molecule has 1 fully saturated rings. The first-order chi connectivity index (χ1) is 7.34. The van der Waals surface area contributed by atoms with Crippen LogP contribution in [0.15, 0.2) is 0 Å². The molecule has 0 aliphatic carbocycles. The standard InChI is InChI=1S/C13H28N2/c1-3-4-5-6-7-8-10-15-11-9-14-12-13(15)2/h13-14H,3-12H2,1-2H3. The third-order valence-electron chi connectivity index (χ3n) is 3.44. The van der Waals surface area contributed by atoms with E-state index in [2.05, 4.69) is 24.1 Å². The molecule has 2 heteroatoms. The second-order valence-corrected chi connectivity index (χ2v) is 4.86. The highest BCUT2D eigenvalue weighted by atomic mass is 15.2. The quantitative estimate of drug-likeness (QED) is 0.653. The van der Waals surface area contributed by atoms with Gasteiger partial charge in [-0.2, -0.15) is 0 Å². The Morgan fingerprint density at radius 3 is 2.60 bits per heavy atom. The van der Waals surface area contributed by atoms with Crippen LogP contribution in [0.5, 0.6) is 0 Å². The van der Waals surface area contributed by atoms with Crippen LogP contribution in [-0.4, -0.2) is 37.1 Å². The van der Waals surface area contributed by atoms with Gasteiger partial charge in [0.15, 0.2) is 0 Å². The molecule has 0 radical (unpaired) electrons. The normalized spacial score (nSPS) is 23.2. The minimum absolute atomic E-state index is 0.745. The van der Waals surface area contributed by atoms with E-state index in [4.69, 9.17) is 0 Å². The average Bonchev–Trinajstić information content (AvgIpc) is 2.25. The fourth-order valence-electron chi connectivity index (χ4n) is 2.31. The summed E-state index contributed by atoms with van der Waals surface area (Å²) in [7, 11) is 0. The summed E-state index contributed by atoms with van der Waals surface area (Å²) in [6.07, 6.45) is 8.48. The van der Waals surface area contributed by atoms with Gasteiger partial charge in [-0.15, -0.1) is 0 Å². The Kier molecular flexibility index (Phi) is 7.03. The van der Waals surface area contributed by atoms with Crippen LogP contribution in [0.3, 0.4) is 0 Å². The average molecular weight is 212 g/mol. The fourth-order valence-corrected chi connectivity index (χ4v) is 2.31. The lowest BCUT2D eigenvalue weighted by Gasteiger charge is -2.33. The van der Waals surface area contributed by atoms with Gasteiger partial charge in [-0.05, 0) is 19.9 Å². The van der Waals surface area contributed by atoms with Crippen molar-refractivity contribution in [3.05, 3.63) is 0 Å². The van der Waals surface area contributed by atoms with E-state index in [1.165, 1.54) is 64.7 Å². The molecule has 0 aromatic carbocycles. The summed E-state index contributed by atoms with van der Waals surface area (Å²) in [4.78, 5) is 2.64. The number of nitrogens with zero attached hydrogens (tertiary/aromatic N) is 1. The van der Waals surface area contributed by atoms with E-state index in [-0.39, 0.29) is 0 Å². The molecule has 1 aliphatic heterocycles. The molecular formula is C13H28N2. The van der Waals surface area contributed by atoms with E-state index in [0.29, 0.717) is 0 Å². The maximum absolute atomic E-state index is 3.44. The summed E-state index contributed by atoms with van der Waals surface area (Å²) < 4.78 is 0. The van der Waals surface area contributed by atoms with Gasteiger partial charge < -0.3 is 5.32 Å². The topological polar surface area (TPSA) is 15.3 Å². The maximum Gasteiger partial charge on any atom is 0.0192 e. The Morgan fingerprint density at radius 1 is 1.13 bits per heavy atom. The predicted octanol–water partition coefficient (Wildman–Crippen LogP) is 2.64. The summed E-state index contributed by atoms with van der Waals surface area (Å²) in [5.74, 6) is 0. The van der Waals surface area contributed by atoms with Crippen LogP contribution in [0.1, 0.15) is 52.4 Å². The highest BCUT2D eigenvalue weighted by molar-refractivity contribution is 4.75. The summed E-state index contributed by atoms with van der Waals surface area (Å²) in [5, 5.41) is 3.44. The number of rotatable bonds is 7. The zero-order valence-electron chi connectivity index (χ0n) is 10.6. The predicted molar refractivity (Wildman–Crippen MR) is 67.3 cm³/mol. The lowest BCUT2D eigenvalue weighted by Crippen LogP contribution is -2.49. The van der Waals surface area contributed by atoms with Crippen LogP contribution < -0.4 is 5.32 Å². The van der Waals surface area contributed by atoms with E-state index in [1.54, 1.807) is 0 Å². The van der Waals surface area contributed by atoms with Crippen LogP contribution in [0.25, 0.3) is 0 Å². The first-order valence-corrected chi connectivity index (χ1v) is 6.79. The molecule has 0 aromatic rings. The van der Waals surface area contributed by atoms with E-state index < -0.39 is 0 Å². The van der Waals surface area contributed by atoms with Crippen LogP contribution in [0.2, 0.25) is 0 Å². The third-order valence-corrected chi connectivity index (χ3v) is 3.44. The van der Waals surface area contributed by atoms with Gasteiger partial charge in [0.1, 0.15) is 0 Å². The zero-order chi connectivity index (χ0) is 10.9. The number of unbranched alkanes of at least 4 members (excludes halogenated alkanes) is 5. The second-order valence-electron chi connectivity index (χ2n) is 4.86. The maximum atomic E-state index is 3.44. The number of hydrogen-bond acceptors (Lipinski definition) is 2. The summed E-state index contributed by atoms with van der Waals surface area (Å²) in [6.45, 7) is 9.53. The van der Waals surface area contributed by atoms with Gasteiger partial charge in [0.2, 0.25) is 0 Å². The summed E-state index contributed by atoms with van der Waals surface area (Å²) >= 11 is 0. The molecule has 1 N–H and O–H groups in total. The van der Waals surface area contributed by atoms with Gasteiger partial charge in [-0.25, -0.2) is 0 Å². The molecule has 15 heavy (non-hydrogen) atoms. The molecule has 0 spiro atoms. The molecule has 2 nitrogen and oxygen atoms in total. The first kappa shape index (κ1) is 13.0. The molecule has 0 bridgehead atoms. The lowest BCUT2D eigenvalue weighted by molar-refractivity contribution is 0.170. The van der Waals surface area contributed by atoms with Crippen molar-refractivity contribution in [2.75, 3.05) is 26.2 Å². The highest BCUT2D eigenvalue weighted by Gasteiger charge is 2.16. The first-order valence-electron chi connectivity index (χ1n) is 6.79. The summed E-state index contributed by atoms with van der Waals surface area (Å²) in [5.41, 5.74) is 0. The van der Waals surface area contributed by atoms with Crippen molar-refractivity contribution in [3.8, 4) is 0 Å². The molecule has 1 atom stereocenters. The van der Waals surface area contributed by atoms with Gasteiger partial charge in [0.05, 0.1) is 0 Å². The smallest absolute Gasteiger partial charge is 0.0192 e. The minimum atomic E-state index is 0.745. The Bertz CT molecular complexity index is 147. The van der Waals surface area contributed by atoms with Crippen molar-refractivity contribution in [1.82, 2.24) is 10.2 Å². The minimum Gasteiger partial charge on any atom is -0.314 e. The number of piperazine rings is 1. The molecule has 1 heterocycles. The SMILES string of the molecule is CCCCCCCCN1CCNCC1C. The van der Waals surface area contributed by atoms with Crippen LogP contribution in [0, 0.1) is 0 Å². The zero-order valence-corrected chi connectivity index (χ0v) is 10.6. The van der Waals surface area contributed by atoms with Crippen molar-refractivity contribution in [2.24, 2.45) is 0 Å². The molecule has 90 valence electrons. The van der Waals surface area contributed by atoms with Crippen molar-refractivity contribution in [3.63, 3.8) is 0 Å². The van der Waals surface area contributed by atoms with Crippen molar-refractivity contribution >= 4 is 0 Å². The highest BCUT2D eigenvalue weighted by Crippen LogP contribution is 2.08. The van der Waals surface area contributed by atoms with Crippen LogP contribution in [-0.2, 0) is 0 Å². The van der Waals surface area contributed by atoms with Gasteiger partial charge in [0.25, 0.3) is 0 Å². The summed E-state index contributed by atoms with van der Waals surface area (Å²) in [6, 6.07) is 0.745. The fraction of sp³-hybridized carbons (Fsp3) is 1.00.